The van der Waals surface area contributed by atoms with Crippen molar-refractivity contribution in [3.63, 3.8) is 0 Å². The minimum Gasteiger partial charge on any atom is -0.326 e. The molecule has 1 aromatic carbocycles. The van der Waals surface area contributed by atoms with Gasteiger partial charge in [0, 0.05) is 23.6 Å². The summed E-state index contributed by atoms with van der Waals surface area (Å²) < 4.78 is 3.33. The van der Waals surface area contributed by atoms with Gasteiger partial charge in [-0.15, -0.1) is 0 Å². The van der Waals surface area contributed by atoms with Gasteiger partial charge in [0.25, 0.3) is 0 Å². The monoisotopic (exact) mass is 383 g/mol. The van der Waals surface area contributed by atoms with Crippen molar-refractivity contribution < 1.29 is 0 Å². The van der Waals surface area contributed by atoms with Crippen LogP contribution in [0, 0.1) is 16.7 Å². The third-order valence-electron chi connectivity index (χ3n) is 4.61. The van der Waals surface area contributed by atoms with E-state index in [4.69, 9.17) is 5.26 Å². The lowest BCUT2D eigenvalue weighted by Crippen LogP contribution is -2.39. The number of nitrogens with zero attached hydrogens (tertiary/aromatic N) is 2. The summed E-state index contributed by atoms with van der Waals surface area (Å²) in [5, 5.41) is 8.95. The maximum atomic E-state index is 8.95. The highest BCUT2D eigenvalue weighted by Crippen LogP contribution is 2.34. The first-order valence-corrected chi connectivity index (χ1v) is 10.5. The van der Waals surface area contributed by atoms with Crippen LogP contribution in [0.25, 0.3) is 0 Å². The molecule has 1 N–H and O–H groups in total. The summed E-state index contributed by atoms with van der Waals surface area (Å²) in [7, 11) is 0. The first-order chi connectivity index (χ1) is 13.0. The lowest BCUT2D eigenvalue weighted by molar-refractivity contribution is 0.130. The average molecular weight is 384 g/mol. The number of benzene rings is 1. The van der Waals surface area contributed by atoms with Gasteiger partial charge in [-0.25, -0.2) is 0 Å². The van der Waals surface area contributed by atoms with E-state index in [1.54, 1.807) is 11.9 Å². The van der Waals surface area contributed by atoms with Gasteiger partial charge in [-0.2, -0.15) is 5.26 Å². The Morgan fingerprint density at radius 3 is 2.48 bits per heavy atom. The first-order valence-electron chi connectivity index (χ1n) is 9.64. The van der Waals surface area contributed by atoms with Gasteiger partial charge >= 0.3 is 0 Å². The normalized spacial score (nSPS) is 16.4. The SMILES string of the molecule is C=C/C(=C\C(=C)CN1CCC(C)(CC#N)CC1)NSc1ccccc1.CC. The first kappa shape index (κ1) is 23.1. The second kappa shape index (κ2) is 12.4. The van der Waals surface area contributed by atoms with Crippen molar-refractivity contribution in [2.45, 2.75) is 44.9 Å². The van der Waals surface area contributed by atoms with Gasteiger partial charge in [0.05, 0.1) is 6.07 Å². The van der Waals surface area contributed by atoms with Gasteiger partial charge in [-0.1, -0.05) is 52.1 Å². The summed E-state index contributed by atoms with van der Waals surface area (Å²) in [5.74, 6) is 0. The van der Waals surface area contributed by atoms with Crippen molar-refractivity contribution in [1.29, 1.82) is 5.26 Å². The van der Waals surface area contributed by atoms with Crippen LogP contribution < -0.4 is 4.72 Å². The van der Waals surface area contributed by atoms with Crippen molar-refractivity contribution in [3.8, 4) is 6.07 Å². The number of rotatable bonds is 8. The zero-order valence-corrected chi connectivity index (χ0v) is 17.8. The molecule has 146 valence electrons. The molecule has 1 fully saturated rings. The van der Waals surface area contributed by atoms with Crippen LogP contribution in [0.4, 0.5) is 0 Å². The van der Waals surface area contributed by atoms with Gasteiger partial charge in [0.2, 0.25) is 0 Å². The Morgan fingerprint density at radius 2 is 1.93 bits per heavy atom. The van der Waals surface area contributed by atoms with Crippen LogP contribution in [-0.2, 0) is 0 Å². The Balaban J connectivity index is 0.00000176. The summed E-state index contributed by atoms with van der Waals surface area (Å²) in [6.07, 6.45) is 6.69. The van der Waals surface area contributed by atoms with Crippen LogP contribution in [0.3, 0.4) is 0 Å². The molecule has 0 spiro atoms. The van der Waals surface area contributed by atoms with Crippen molar-refractivity contribution in [1.82, 2.24) is 9.62 Å². The molecule has 2 rings (SSSR count). The molecular formula is C23H33N3S. The summed E-state index contributed by atoms with van der Waals surface area (Å²) in [5.41, 5.74) is 2.22. The summed E-state index contributed by atoms with van der Waals surface area (Å²) in [4.78, 5) is 3.58. The van der Waals surface area contributed by atoms with Crippen LogP contribution in [0.1, 0.15) is 40.0 Å². The maximum Gasteiger partial charge on any atom is 0.0627 e. The van der Waals surface area contributed by atoms with Crippen molar-refractivity contribution in [2.24, 2.45) is 5.41 Å². The molecule has 0 saturated carbocycles. The zero-order valence-electron chi connectivity index (χ0n) is 17.0. The third kappa shape index (κ3) is 8.51. The van der Waals surface area contributed by atoms with E-state index in [1.165, 1.54) is 0 Å². The molecule has 0 bridgehead atoms. The second-order valence-corrected chi connectivity index (χ2v) is 7.78. The number of likely N-dealkylation sites (tertiary alicyclic amines) is 1. The molecule has 0 aromatic heterocycles. The Morgan fingerprint density at radius 1 is 1.30 bits per heavy atom. The van der Waals surface area contributed by atoms with E-state index in [1.807, 2.05) is 38.1 Å². The lowest BCUT2D eigenvalue weighted by Gasteiger charge is -2.38. The standard InChI is InChI=1S/C21H27N3S.C2H6/c1-4-19(23-25-20-8-6-5-7-9-20)16-18(2)17-24-14-11-21(3,10-13-22)12-15-24;1-2/h4-9,16,23H,1-2,10-12,14-15,17H2,3H3;1-2H3/b19-16+;. The molecule has 0 amide bonds. The average Bonchev–Trinajstić information content (AvgIpc) is 2.69. The molecule has 1 saturated heterocycles. The Labute approximate surface area is 170 Å². The van der Waals surface area contributed by atoms with E-state index in [9.17, 15) is 0 Å². The molecule has 27 heavy (non-hydrogen) atoms. The van der Waals surface area contributed by atoms with Crippen LogP contribution in [0.5, 0.6) is 0 Å². The highest BCUT2D eigenvalue weighted by molar-refractivity contribution is 7.97. The molecule has 0 atom stereocenters. The fraction of sp³-hybridized carbons (Fsp3) is 0.435. The number of hydrogen-bond acceptors (Lipinski definition) is 4. The van der Waals surface area contributed by atoms with Gasteiger partial charge in [-0.05, 0) is 73.2 Å². The van der Waals surface area contributed by atoms with Crippen molar-refractivity contribution in [2.75, 3.05) is 19.6 Å². The number of piperidine rings is 1. The van der Waals surface area contributed by atoms with Crippen LogP contribution in [0.15, 0.2) is 71.8 Å². The second-order valence-electron chi connectivity index (χ2n) is 6.90. The van der Waals surface area contributed by atoms with Crippen molar-refractivity contribution in [3.05, 3.63) is 66.9 Å². The smallest absolute Gasteiger partial charge is 0.0627 e. The molecule has 0 aliphatic carbocycles. The number of allylic oxidation sites excluding steroid dienone is 1. The number of nitrogens with one attached hydrogen (secondary N) is 1. The summed E-state index contributed by atoms with van der Waals surface area (Å²) >= 11 is 1.57. The van der Waals surface area contributed by atoms with Gasteiger partial charge in [0.1, 0.15) is 0 Å². The Bertz CT molecular complexity index is 650. The lowest BCUT2D eigenvalue weighted by atomic mass is 9.78. The quantitative estimate of drug-likeness (QED) is 0.444. The highest BCUT2D eigenvalue weighted by atomic mass is 32.2. The van der Waals surface area contributed by atoms with E-state index in [0.717, 1.165) is 48.6 Å². The highest BCUT2D eigenvalue weighted by Gasteiger charge is 2.29. The van der Waals surface area contributed by atoms with Crippen LogP contribution in [-0.4, -0.2) is 24.5 Å². The molecule has 1 aliphatic rings. The molecule has 4 heteroatoms. The summed E-state index contributed by atoms with van der Waals surface area (Å²) in [6.45, 7) is 17.2. The largest absolute Gasteiger partial charge is 0.326 e. The molecule has 3 nitrogen and oxygen atoms in total. The van der Waals surface area contributed by atoms with E-state index < -0.39 is 0 Å². The number of hydrogen-bond donors (Lipinski definition) is 1. The predicted octanol–water partition coefficient (Wildman–Crippen LogP) is 5.95. The van der Waals surface area contributed by atoms with Crippen molar-refractivity contribution >= 4 is 11.9 Å². The Hall–Kier alpha value is -1.96. The fourth-order valence-corrected chi connectivity index (χ4v) is 3.58. The van der Waals surface area contributed by atoms with Gasteiger partial charge < -0.3 is 4.72 Å². The minimum absolute atomic E-state index is 0.183. The fourth-order valence-electron chi connectivity index (χ4n) is 2.91. The van der Waals surface area contributed by atoms with Crippen LogP contribution in [0.2, 0.25) is 0 Å². The Kier molecular flexibility index (Phi) is 10.6. The zero-order chi connectivity index (χ0) is 20.1. The van der Waals surface area contributed by atoms with Gasteiger partial charge in [-0.3, -0.25) is 4.90 Å². The molecule has 1 aromatic rings. The topological polar surface area (TPSA) is 39.1 Å². The summed E-state index contributed by atoms with van der Waals surface area (Å²) in [6, 6.07) is 12.5. The van der Waals surface area contributed by atoms with E-state index in [0.29, 0.717) is 6.42 Å². The minimum atomic E-state index is 0.183. The molecule has 0 radical (unpaired) electrons. The molecule has 1 heterocycles. The van der Waals surface area contributed by atoms with E-state index >= 15 is 0 Å². The van der Waals surface area contributed by atoms with Gasteiger partial charge in [0.15, 0.2) is 0 Å². The third-order valence-corrected chi connectivity index (χ3v) is 5.45. The molecular weight excluding hydrogens is 350 g/mol. The molecule has 1 aliphatic heterocycles. The van der Waals surface area contributed by atoms with E-state index in [2.05, 4.69) is 54.0 Å². The predicted molar refractivity (Wildman–Crippen MR) is 118 cm³/mol. The van der Waals surface area contributed by atoms with Crippen LogP contribution >= 0.6 is 11.9 Å². The maximum absolute atomic E-state index is 8.95. The molecule has 0 unspecified atom stereocenters. The number of nitriles is 1. The van der Waals surface area contributed by atoms with E-state index in [-0.39, 0.29) is 5.41 Å².